The Labute approximate surface area is 128 Å². The van der Waals surface area contributed by atoms with E-state index in [-0.39, 0.29) is 30.7 Å². The van der Waals surface area contributed by atoms with Crippen LogP contribution < -0.4 is 0 Å². The molecule has 21 heavy (non-hydrogen) atoms. The summed E-state index contributed by atoms with van der Waals surface area (Å²) >= 11 is 0. The van der Waals surface area contributed by atoms with Crippen LogP contribution in [0.2, 0.25) is 0 Å². The van der Waals surface area contributed by atoms with E-state index in [1.54, 1.807) is 23.8 Å². The molecule has 0 aromatic heterocycles. The van der Waals surface area contributed by atoms with Crippen molar-refractivity contribution in [1.29, 1.82) is 0 Å². The maximum atomic E-state index is 12.4. The summed E-state index contributed by atoms with van der Waals surface area (Å²) in [6.45, 7) is 8.83. The molecule has 4 atom stereocenters. The van der Waals surface area contributed by atoms with Crippen LogP contribution in [0, 0.1) is 0 Å². The third kappa shape index (κ3) is 5.23. The number of hydrogen-bond donors (Lipinski definition) is 0. The molecule has 0 spiro atoms. The van der Waals surface area contributed by atoms with Crippen molar-refractivity contribution in [2.24, 2.45) is 0 Å². The first-order valence-corrected chi connectivity index (χ1v) is 9.30. The van der Waals surface area contributed by atoms with Crippen LogP contribution >= 0.6 is 0 Å². The molecule has 1 amide bonds. The smallest absolute Gasteiger partial charge is 0.236 e. The fourth-order valence-electron chi connectivity index (χ4n) is 2.55. The van der Waals surface area contributed by atoms with Gasteiger partial charge < -0.3 is 9.64 Å². The summed E-state index contributed by atoms with van der Waals surface area (Å²) in [6.07, 6.45) is 1.31. The molecule has 0 saturated carbocycles. The first kappa shape index (κ1) is 18.4. The average Bonchev–Trinajstić information content (AvgIpc) is 2.34. The lowest BCUT2D eigenvalue weighted by Gasteiger charge is -2.37. The number of carbonyl (C=O) groups is 1. The second-order valence-corrected chi connectivity index (χ2v) is 8.65. The standard InChI is InChI=1S/C14H28N2O4S/c1-10-7-16(8-11(2)20-10)14(17)9-15(5)12(3)13(4)21(6,18)19/h10-13H,7-9H2,1-6H3. The number of amides is 1. The molecule has 0 aromatic carbocycles. The van der Waals surface area contributed by atoms with Crippen molar-refractivity contribution in [3.63, 3.8) is 0 Å². The first-order valence-electron chi connectivity index (χ1n) is 7.34. The Kier molecular flexibility index (Phi) is 6.19. The third-order valence-electron chi connectivity index (χ3n) is 4.21. The predicted molar refractivity (Wildman–Crippen MR) is 83.0 cm³/mol. The van der Waals surface area contributed by atoms with Crippen LogP contribution in [0.25, 0.3) is 0 Å². The first-order chi connectivity index (χ1) is 9.52. The summed E-state index contributed by atoms with van der Waals surface area (Å²) in [5.74, 6) is 0.0204. The van der Waals surface area contributed by atoms with E-state index in [0.29, 0.717) is 13.1 Å². The van der Waals surface area contributed by atoms with Gasteiger partial charge in [-0.2, -0.15) is 0 Å². The second-order valence-electron chi connectivity index (χ2n) is 6.25. The molecule has 1 saturated heterocycles. The highest BCUT2D eigenvalue weighted by Crippen LogP contribution is 2.13. The van der Waals surface area contributed by atoms with Crippen molar-refractivity contribution >= 4 is 15.7 Å². The van der Waals surface area contributed by atoms with E-state index < -0.39 is 15.1 Å². The van der Waals surface area contributed by atoms with E-state index in [9.17, 15) is 13.2 Å². The van der Waals surface area contributed by atoms with E-state index in [0.717, 1.165) is 0 Å². The van der Waals surface area contributed by atoms with Gasteiger partial charge in [-0.25, -0.2) is 8.42 Å². The third-order valence-corrected chi connectivity index (χ3v) is 5.95. The van der Waals surface area contributed by atoms with E-state index in [4.69, 9.17) is 4.74 Å². The number of sulfone groups is 1. The number of rotatable bonds is 5. The van der Waals surface area contributed by atoms with Crippen LogP contribution in [-0.4, -0.2) is 80.6 Å². The van der Waals surface area contributed by atoms with Gasteiger partial charge in [-0.1, -0.05) is 0 Å². The number of hydrogen-bond acceptors (Lipinski definition) is 5. The van der Waals surface area contributed by atoms with Crippen molar-refractivity contribution in [2.75, 3.05) is 32.9 Å². The molecular weight excluding hydrogens is 292 g/mol. The zero-order chi connectivity index (χ0) is 16.4. The summed E-state index contributed by atoms with van der Waals surface area (Å²) in [5.41, 5.74) is 0. The van der Waals surface area contributed by atoms with Gasteiger partial charge in [-0.05, 0) is 34.7 Å². The lowest BCUT2D eigenvalue weighted by molar-refractivity contribution is -0.144. The number of likely N-dealkylation sites (N-methyl/N-ethyl adjacent to an activating group) is 1. The summed E-state index contributed by atoms with van der Waals surface area (Å²) in [6, 6.07) is -0.208. The van der Waals surface area contributed by atoms with Gasteiger partial charge in [0.05, 0.1) is 24.0 Å². The fraction of sp³-hybridized carbons (Fsp3) is 0.929. The van der Waals surface area contributed by atoms with Crippen molar-refractivity contribution in [3.05, 3.63) is 0 Å². The quantitative estimate of drug-likeness (QED) is 0.732. The molecule has 0 bridgehead atoms. The highest BCUT2D eigenvalue weighted by molar-refractivity contribution is 7.91. The zero-order valence-electron chi connectivity index (χ0n) is 13.9. The van der Waals surface area contributed by atoms with E-state index in [1.807, 2.05) is 20.8 Å². The van der Waals surface area contributed by atoms with E-state index >= 15 is 0 Å². The topological polar surface area (TPSA) is 66.9 Å². The molecule has 0 radical (unpaired) electrons. The summed E-state index contributed by atoms with van der Waals surface area (Å²) in [4.78, 5) is 16.0. The minimum atomic E-state index is -3.11. The Hall–Kier alpha value is -0.660. The van der Waals surface area contributed by atoms with Crippen LogP contribution in [0.5, 0.6) is 0 Å². The van der Waals surface area contributed by atoms with Gasteiger partial charge >= 0.3 is 0 Å². The average molecular weight is 320 g/mol. The molecule has 1 heterocycles. The maximum Gasteiger partial charge on any atom is 0.236 e. The van der Waals surface area contributed by atoms with Crippen molar-refractivity contribution in [1.82, 2.24) is 9.80 Å². The van der Waals surface area contributed by atoms with Gasteiger partial charge in [-0.15, -0.1) is 0 Å². The minimum absolute atomic E-state index is 0.0204. The van der Waals surface area contributed by atoms with E-state index in [1.165, 1.54) is 6.26 Å². The van der Waals surface area contributed by atoms with Crippen LogP contribution in [-0.2, 0) is 19.4 Å². The number of nitrogens with zero attached hydrogens (tertiary/aromatic N) is 2. The monoisotopic (exact) mass is 320 g/mol. The number of morpholine rings is 1. The van der Waals surface area contributed by atoms with Gasteiger partial charge in [0.2, 0.25) is 5.91 Å². The van der Waals surface area contributed by atoms with Gasteiger partial charge in [0.25, 0.3) is 0 Å². The van der Waals surface area contributed by atoms with Crippen LogP contribution in [0.3, 0.4) is 0 Å². The van der Waals surface area contributed by atoms with Crippen LogP contribution in [0.15, 0.2) is 0 Å². The molecule has 1 rings (SSSR count). The Bertz CT molecular complexity index is 456. The summed E-state index contributed by atoms with van der Waals surface area (Å²) < 4.78 is 28.8. The van der Waals surface area contributed by atoms with Gasteiger partial charge in [0.15, 0.2) is 9.84 Å². The molecule has 0 aliphatic carbocycles. The number of carbonyl (C=O) groups excluding carboxylic acids is 1. The predicted octanol–water partition coefficient (Wildman–Crippen LogP) is 0.376. The van der Waals surface area contributed by atoms with Crippen LogP contribution in [0.4, 0.5) is 0 Å². The van der Waals surface area contributed by atoms with Gasteiger partial charge in [-0.3, -0.25) is 9.69 Å². The molecule has 0 aromatic rings. The Morgan fingerprint density at radius 2 is 1.76 bits per heavy atom. The highest BCUT2D eigenvalue weighted by Gasteiger charge is 2.30. The molecule has 6 nitrogen and oxygen atoms in total. The Balaban J connectivity index is 2.61. The SMILES string of the molecule is CC1CN(C(=O)CN(C)C(C)C(C)S(C)(=O)=O)CC(C)O1. The molecule has 1 fully saturated rings. The molecule has 124 valence electrons. The number of ether oxygens (including phenoxy) is 1. The van der Waals surface area contributed by atoms with E-state index in [2.05, 4.69) is 0 Å². The summed E-state index contributed by atoms with van der Waals surface area (Å²) in [7, 11) is -1.32. The van der Waals surface area contributed by atoms with Crippen molar-refractivity contribution < 1.29 is 17.9 Å². The van der Waals surface area contributed by atoms with Gasteiger partial charge in [0.1, 0.15) is 0 Å². The molecule has 1 aliphatic heterocycles. The maximum absolute atomic E-state index is 12.4. The second kappa shape index (κ2) is 7.07. The Morgan fingerprint density at radius 3 is 2.19 bits per heavy atom. The molecular formula is C14H28N2O4S. The van der Waals surface area contributed by atoms with Gasteiger partial charge in [0, 0.05) is 25.4 Å². The lowest BCUT2D eigenvalue weighted by Crippen LogP contribution is -2.52. The summed E-state index contributed by atoms with van der Waals surface area (Å²) in [5, 5.41) is -0.502. The zero-order valence-corrected chi connectivity index (χ0v) is 14.7. The Morgan fingerprint density at radius 1 is 1.29 bits per heavy atom. The molecule has 1 aliphatic rings. The molecule has 4 unspecified atom stereocenters. The van der Waals surface area contributed by atoms with Crippen molar-refractivity contribution in [2.45, 2.75) is 51.2 Å². The molecule has 7 heteroatoms. The molecule has 0 N–H and O–H groups in total. The van der Waals surface area contributed by atoms with Crippen molar-refractivity contribution in [3.8, 4) is 0 Å². The highest BCUT2D eigenvalue weighted by atomic mass is 32.2. The largest absolute Gasteiger partial charge is 0.372 e. The van der Waals surface area contributed by atoms with Crippen LogP contribution in [0.1, 0.15) is 27.7 Å². The fourth-order valence-corrected chi connectivity index (χ4v) is 3.48. The lowest BCUT2D eigenvalue weighted by atomic mass is 10.2. The normalized spacial score (nSPS) is 26.7. The minimum Gasteiger partial charge on any atom is -0.372 e.